The number of hydrogen-bond acceptors (Lipinski definition) is 3. The smallest absolute Gasteiger partial charge is 0.313 e. The zero-order valence-electron chi connectivity index (χ0n) is 10.4. The molecule has 1 aliphatic rings. The number of anilines is 1. The van der Waals surface area contributed by atoms with E-state index in [0.717, 1.165) is 6.07 Å². The second kappa shape index (κ2) is 5.91. The third-order valence-electron chi connectivity index (χ3n) is 2.88. The summed E-state index contributed by atoms with van der Waals surface area (Å²) in [6.45, 7) is 1.82. The third-order valence-corrected chi connectivity index (χ3v) is 2.88. The summed E-state index contributed by atoms with van der Waals surface area (Å²) in [5.41, 5.74) is -0.572. The van der Waals surface area contributed by atoms with Gasteiger partial charge in [-0.15, -0.1) is 0 Å². The molecule has 2 rings (SSSR count). The molecule has 0 radical (unpaired) electrons. The number of benzene rings is 1. The van der Waals surface area contributed by atoms with Crippen molar-refractivity contribution in [1.82, 2.24) is 10.2 Å². The van der Waals surface area contributed by atoms with Crippen LogP contribution in [0.5, 0.6) is 0 Å². The highest BCUT2D eigenvalue weighted by molar-refractivity contribution is 6.39. The zero-order valence-corrected chi connectivity index (χ0v) is 10.4. The monoisotopic (exact) mass is 287 g/mol. The van der Waals surface area contributed by atoms with Crippen LogP contribution >= 0.6 is 0 Å². The number of piperazine rings is 1. The maximum Gasteiger partial charge on any atom is 0.313 e. The second-order valence-corrected chi connectivity index (χ2v) is 4.22. The van der Waals surface area contributed by atoms with Gasteiger partial charge in [0.2, 0.25) is 0 Å². The van der Waals surface area contributed by atoms with E-state index in [1.165, 1.54) is 4.90 Å². The van der Waals surface area contributed by atoms with Crippen molar-refractivity contribution in [3.8, 4) is 0 Å². The van der Waals surface area contributed by atoms with Crippen molar-refractivity contribution in [2.24, 2.45) is 0 Å². The summed E-state index contributed by atoms with van der Waals surface area (Å²) in [6.07, 6.45) is 0. The van der Waals surface area contributed by atoms with Crippen molar-refractivity contribution >= 4 is 17.5 Å². The molecule has 1 aliphatic heterocycles. The SMILES string of the molecule is O=C(Nc1ccc(F)c(F)c1F)C(=O)N1CCNCC1. The summed E-state index contributed by atoms with van der Waals surface area (Å²) in [6, 6.07) is 1.53. The normalized spacial score (nSPS) is 15.1. The molecule has 0 aliphatic carbocycles. The lowest BCUT2D eigenvalue weighted by Gasteiger charge is -2.26. The van der Waals surface area contributed by atoms with Crippen LogP contribution in [0.3, 0.4) is 0 Å². The van der Waals surface area contributed by atoms with E-state index in [4.69, 9.17) is 0 Å². The van der Waals surface area contributed by atoms with Gasteiger partial charge in [-0.2, -0.15) is 0 Å². The van der Waals surface area contributed by atoms with E-state index in [2.05, 4.69) is 5.32 Å². The molecule has 2 N–H and O–H groups in total. The molecule has 1 saturated heterocycles. The number of hydrogen-bond donors (Lipinski definition) is 2. The lowest BCUT2D eigenvalue weighted by atomic mass is 10.2. The van der Waals surface area contributed by atoms with Crippen LogP contribution in [-0.2, 0) is 9.59 Å². The van der Waals surface area contributed by atoms with Crippen molar-refractivity contribution in [2.75, 3.05) is 31.5 Å². The first kappa shape index (κ1) is 14.3. The van der Waals surface area contributed by atoms with Crippen LogP contribution < -0.4 is 10.6 Å². The molecule has 0 spiro atoms. The van der Waals surface area contributed by atoms with Crippen molar-refractivity contribution in [1.29, 1.82) is 0 Å². The molecule has 1 heterocycles. The lowest BCUT2D eigenvalue weighted by Crippen LogP contribution is -2.50. The Hall–Kier alpha value is -2.09. The van der Waals surface area contributed by atoms with Gasteiger partial charge in [0.15, 0.2) is 17.5 Å². The summed E-state index contributed by atoms with van der Waals surface area (Å²) in [7, 11) is 0. The molecule has 0 aromatic heterocycles. The fourth-order valence-corrected chi connectivity index (χ4v) is 1.81. The summed E-state index contributed by atoms with van der Waals surface area (Å²) in [5.74, 6) is -6.52. The fourth-order valence-electron chi connectivity index (χ4n) is 1.81. The number of rotatable bonds is 1. The summed E-state index contributed by atoms with van der Waals surface area (Å²) < 4.78 is 39.1. The van der Waals surface area contributed by atoms with Crippen LogP contribution in [0, 0.1) is 17.5 Å². The molecule has 5 nitrogen and oxygen atoms in total. The van der Waals surface area contributed by atoms with Gasteiger partial charge in [0.25, 0.3) is 0 Å². The molecule has 20 heavy (non-hydrogen) atoms. The van der Waals surface area contributed by atoms with Crippen molar-refractivity contribution in [2.45, 2.75) is 0 Å². The molecular formula is C12H12F3N3O2. The van der Waals surface area contributed by atoms with Crippen LogP contribution in [0.25, 0.3) is 0 Å². The van der Waals surface area contributed by atoms with Gasteiger partial charge in [0, 0.05) is 26.2 Å². The molecule has 108 valence electrons. The topological polar surface area (TPSA) is 61.4 Å². The molecule has 2 amide bonds. The number of halogens is 3. The maximum atomic E-state index is 13.4. The molecule has 1 fully saturated rings. The van der Waals surface area contributed by atoms with Crippen LogP contribution in [-0.4, -0.2) is 42.9 Å². The predicted octanol–water partition coefficient (Wildman–Crippen LogP) is 0.474. The van der Waals surface area contributed by atoms with Gasteiger partial charge in [-0.3, -0.25) is 9.59 Å². The Morgan fingerprint density at radius 1 is 1.10 bits per heavy atom. The van der Waals surface area contributed by atoms with E-state index >= 15 is 0 Å². The van der Waals surface area contributed by atoms with Crippen LogP contribution in [0.2, 0.25) is 0 Å². The highest BCUT2D eigenvalue weighted by atomic mass is 19.2. The van der Waals surface area contributed by atoms with Gasteiger partial charge < -0.3 is 15.5 Å². The minimum atomic E-state index is -1.70. The number of carbonyl (C=O) groups excluding carboxylic acids is 2. The first-order valence-electron chi connectivity index (χ1n) is 5.95. The minimum Gasteiger partial charge on any atom is -0.332 e. The largest absolute Gasteiger partial charge is 0.332 e. The summed E-state index contributed by atoms with van der Waals surface area (Å²) >= 11 is 0. The second-order valence-electron chi connectivity index (χ2n) is 4.22. The van der Waals surface area contributed by atoms with Gasteiger partial charge >= 0.3 is 11.8 Å². The highest BCUT2D eigenvalue weighted by Gasteiger charge is 2.24. The van der Waals surface area contributed by atoms with Crippen LogP contribution in [0.4, 0.5) is 18.9 Å². The summed E-state index contributed by atoms with van der Waals surface area (Å²) in [5, 5.41) is 4.95. The van der Waals surface area contributed by atoms with Gasteiger partial charge in [-0.25, -0.2) is 13.2 Å². The fraction of sp³-hybridized carbons (Fsp3) is 0.333. The number of nitrogens with zero attached hydrogens (tertiary/aromatic N) is 1. The van der Waals surface area contributed by atoms with Crippen LogP contribution in [0.1, 0.15) is 0 Å². The average molecular weight is 287 g/mol. The first-order valence-corrected chi connectivity index (χ1v) is 5.95. The lowest BCUT2D eigenvalue weighted by molar-refractivity contribution is -0.143. The number of nitrogens with one attached hydrogen (secondary N) is 2. The molecule has 0 bridgehead atoms. The Morgan fingerprint density at radius 2 is 1.75 bits per heavy atom. The highest BCUT2D eigenvalue weighted by Crippen LogP contribution is 2.19. The zero-order chi connectivity index (χ0) is 14.7. The predicted molar refractivity (Wildman–Crippen MR) is 64.4 cm³/mol. The van der Waals surface area contributed by atoms with Gasteiger partial charge in [0.1, 0.15) is 0 Å². The van der Waals surface area contributed by atoms with Crippen molar-refractivity contribution in [3.05, 3.63) is 29.6 Å². The first-order chi connectivity index (χ1) is 9.50. The Kier molecular flexibility index (Phi) is 4.23. The van der Waals surface area contributed by atoms with E-state index in [1.54, 1.807) is 0 Å². The minimum absolute atomic E-state index is 0.354. The Bertz CT molecular complexity index is 545. The third kappa shape index (κ3) is 2.90. The molecule has 1 aromatic rings. The van der Waals surface area contributed by atoms with E-state index in [-0.39, 0.29) is 0 Å². The van der Waals surface area contributed by atoms with Gasteiger partial charge in [-0.05, 0) is 12.1 Å². The van der Waals surface area contributed by atoms with Crippen molar-refractivity contribution in [3.63, 3.8) is 0 Å². The number of carbonyl (C=O) groups is 2. The Morgan fingerprint density at radius 3 is 2.40 bits per heavy atom. The Balaban J connectivity index is 2.07. The van der Waals surface area contributed by atoms with Crippen molar-refractivity contribution < 1.29 is 22.8 Å². The standard InChI is InChI=1S/C12H12F3N3O2/c13-7-1-2-8(10(15)9(7)14)17-11(19)12(20)18-5-3-16-4-6-18/h1-2,16H,3-6H2,(H,17,19). The quantitative estimate of drug-likeness (QED) is 0.583. The molecule has 8 heteroatoms. The molecule has 1 aromatic carbocycles. The Labute approximate surface area is 112 Å². The molecule has 0 unspecified atom stereocenters. The summed E-state index contributed by atoms with van der Waals surface area (Å²) in [4.78, 5) is 24.7. The van der Waals surface area contributed by atoms with Crippen LogP contribution in [0.15, 0.2) is 12.1 Å². The van der Waals surface area contributed by atoms with E-state index in [1.807, 2.05) is 5.32 Å². The maximum absolute atomic E-state index is 13.4. The molecular weight excluding hydrogens is 275 g/mol. The van der Waals surface area contributed by atoms with Gasteiger partial charge in [0.05, 0.1) is 5.69 Å². The number of amides is 2. The average Bonchev–Trinajstić information content (AvgIpc) is 2.48. The molecule has 0 saturated carbocycles. The molecule has 0 atom stereocenters. The van der Waals surface area contributed by atoms with E-state index in [9.17, 15) is 22.8 Å². The van der Waals surface area contributed by atoms with E-state index in [0.29, 0.717) is 32.2 Å². The van der Waals surface area contributed by atoms with E-state index < -0.39 is 35.0 Å². The van der Waals surface area contributed by atoms with Gasteiger partial charge in [-0.1, -0.05) is 0 Å².